The lowest BCUT2D eigenvalue weighted by atomic mass is 10.0. The molecule has 2 aromatic rings. The van der Waals surface area contributed by atoms with Gasteiger partial charge in [-0.1, -0.05) is 0 Å². The van der Waals surface area contributed by atoms with E-state index in [1.165, 1.54) is 11.3 Å². The minimum atomic E-state index is 0.205. The van der Waals surface area contributed by atoms with Crippen molar-refractivity contribution < 1.29 is 14.3 Å². The number of thiazole rings is 1. The van der Waals surface area contributed by atoms with E-state index in [-0.39, 0.29) is 5.78 Å². The molecule has 0 bridgehead atoms. The van der Waals surface area contributed by atoms with Crippen LogP contribution in [0.4, 0.5) is 0 Å². The quantitative estimate of drug-likeness (QED) is 0.869. The van der Waals surface area contributed by atoms with Gasteiger partial charge in [0.15, 0.2) is 5.78 Å². The van der Waals surface area contributed by atoms with Crippen molar-refractivity contribution in [3.63, 3.8) is 0 Å². The summed E-state index contributed by atoms with van der Waals surface area (Å²) in [4.78, 5) is 17.3. The molecule has 104 valence electrons. The highest BCUT2D eigenvalue weighted by Crippen LogP contribution is 2.38. The summed E-state index contributed by atoms with van der Waals surface area (Å²) in [6, 6.07) is 5.60. The number of aromatic nitrogens is 1. The number of rotatable bonds is 3. The van der Waals surface area contributed by atoms with Crippen molar-refractivity contribution in [1.82, 2.24) is 4.98 Å². The second-order valence-corrected chi connectivity index (χ2v) is 5.64. The maximum atomic E-state index is 11.9. The van der Waals surface area contributed by atoms with Crippen molar-refractivity contribution in [1.29, 1.82) is 0 Å². The number of Topliss-reactive ketones (excluding diaryl/α,β-unsaturated/α-hetero) is 1. The zero-order valence-electron chi connectivity index (χ0n) is 11.4. The molecule has 0 saturated heterocycles. The lowest BCUT2D eigenvalue weighted by Gasteiger charge is -2.08. The molecule has 3 rings (SSSR count). The van der Waals surface area contributed by atoms with Crippen molar-refractivity contribution in [2.75, 3.05) is 14.2 Å². The second kappa shape index (κ2) is 5.25. The third kappa shape index (κ3) is 2.18. The standard InChI is InChI=1S/C15H15NO3S/c1-18-9-6-7-13(19-2)10(8-9)15-16-11-4-3-5-12(17)14(11)20-15/h6-8H,3-5H2,1-2H3. The third-order valence-corrected chi connectivity index (χ3v) is 4.58. The Hall–Kier alpha value is -1.88. The Morgan fingerprint density at radius 1 is 1.20 bits per heavy atom. The molecule has 1 aromatic heterocycles. The first-order valence-corrected chi connectivity index (χ1v) is 7.30. The third-order valence-electron chi connectivity index (χ3n) is 3.41. The number of benzene rings is 1. The number of ether oxygens (including phenoxy) is 2. The van der Waals surface area contributed by atoms with Crippen molar-refractivity contribution in [3.8, 4) is 22.1 Å². The zero-order chi connectivity index (χ0) is 14.1. The van der Waals surface area contributed by atoms with Crippen LogP contribution in [-0.2, 0) is 6.42 Å². The smallest absolute Gasteiger partial charge is 0.174 e. The van der Waals surface area contributed by atoms with Crippen LogP contribution in [0.1, 0.15) is 28.2 Å². The van der Waals surface area contributed by atoms with Crippen LogP contribution in [0, 0.1) is 0 Å². The molecule has 4 nitrogen and oxygen atoms in total. The van der Waals surface area contributed by atoms with E-state index in [1.54, 1.807) is 14.2 Å². The Kier molecular flexibility index (Phi) is 3.44. The molecule has 0 spiro atoms. The van der Waals surface area contributed by atoms with Gasteiger partial charge >= 0.3 is 0 Å². The summed E-state index contributed by atoms with van der Waals surface area (Å²) in [6.07, 6.45) is 2.40. The summed E-state index contributed by atoms with van der Waals surface area (Å²) in [6.45, 7) is 0. The maximum absolute atomic E-state index is 11.9. The monoisotopic (exact) mass is 289 g/mol. The Morgan fingerprint density at radius 3 is 2.75 bits per heavy atom. The van der Waals surface area contributed by atoms with Crippen LogP contribution in [0.3, 0.4) is 0 Å². The van der Waals surface area contributed by atoms with Gasteiger partial charge in [-0.05, 0) is 31.0 Å². The second-order valence-electron chi connectivity index (χ2n) is 4.64. The summed E-state index contributed by atoms with van der Waals surface area (Å²) in [5, 5.41) is 0.820. The summed E-state index contributed by atoms with van der Waals surface area (Å²) >= 11 is 1.45. The fourth-order valence-electron chi connectivity index (χ4n) is 2.37. The summed E-state index contributed by atoms with van der Waals surface area (Å²) in [5.41, 5.74) is 1.80. The van der Waals surface area contributed by atoms with Gasteiger partial charge in [0.25, 0.3) is 0 Å². The Balaban J connectivity index is 2.11. The van der Waals surface area contributed by atoms with Crippen LogP contribution in [0.2, 0.25) is 0 Å². The molecular formula is C15H15NO3S. The summed E-state index contributed by atoms with van der Waals surface area (Å²) < 4.78 is 10.6. The Bertz CT molecular complexity index is 663. The number of carbonyl (C=O) groups is 1. The minimum Gasteiger partial charge on any atom is -0.497 e. The molecule has 1 heterocycles. The average molecular weight is 289 g/mol. The van der Waals surface area contributed by atoms with Gasteiger partial charge in [0, 0.05) is 6.42 Å². The van der Waals surface area contributed by atoms with E-state index < -0.39 is 0 Å². The van der Waals surface area contributed by atoms with Gasteiger partial charge in [0.05, 0.1) is 30.4 Å². The molecule has 0 fully saturated rings. The predicted molar refractivity (Wildman–Crippen MR) is 77.9 cm³/mol. The van der Waals surface area contributed by atoms with Gasteiger partial charge in [0.1, 0.15) is 16.5 Å². The fourth-order valence-corrected chi connectivity index (χ4v) is 3.47. The van der Waals surface area contributed by atoms with Gasteiger partial charge in [-0.3, -0.25) is 4.79 Å². The van der Waals surface area contributed by atoms with Gasteiger partial charge in [0.2, 0.25) is 0 Å². The molecule has 0 aliphatic heterocycles. The highest BCUT2D eigenvalue weighted by Gasteiger charge is 2.23. The van der Waals surface area contributed by atoms with Crippen LogP contribution >= 0.6 is 11.3 Å². The first-order valence-electron chi connectivity index (χ1n) is 6.48. The normalized spacial score (nSPS) is 14.0. The van der Waals surface area contributed by atoms with E-state index in [4.69, 9.17) is 9.47 Å². The molecule has 1 aromatic carbocycles. The minimum absolute atomic E-state index is 0.205. The zero-order valence-corrected chi connectivity index (χ0v) is 12.3. The molecule has 5 heteroatoms. The fraction of sp³-hybridized carbons (Fsp3) is 0.333. The van der Waals surface area contributed by atoms with E-state index in [9.17, 15) is 4.79 Å². The molecule has 0 unspecified atom stereocenters. The van der Waals surface area contributed by atoms with Crippen molar-refractivity contribution in [2.24, 2.45) is 0 Å². The lowest BCUT2D eigenvalue weighted by Crippen LogP contribution is -2.07. The molecule has 1 aliphatic rings. The number of hydrogen-bond donors (Lipinski definition) is 0. The average Bonchev–Trinajstić information content (AvgIpc) is 2.92. The highest BCUT2D eigenvalue weighted by molar-refractivity contribution is 7.17. The van der Waals surface area contributed by atoms with Gasteiger partial charge < -0.3 is 9.47 Å². The number of carbonyl (C=O) groups excluding carboxylic acids is 1. The number of fused-ring (bicyclic) bond motifs is 1. The lowest BCUT2D eigenvalue weighted by molar-refractivity contribution is 0.0976. The van der Waals surface area contributed by atoms with Gasteiger partial charge in [-0.15, -0.1) is 11.3 Å². The number of ketones is 1. The van der Waals surface area contributed by atoms with Crippen LogP contribution in [0.15, 0.2) is 18.2 Å². The van der Waals surface area contributed by atoms with E-state index in [1.807, 2.05) is 18.2 Å². The van der Waals surface area contributed by atoms with Crippen LogP contribution in [0.5, 0.6) is 11.5 Å². The first-order chi connectivity index (χ1) is 9.72. The maximum Gasteiger partial charge on any atom is 0.174 e. The predicted octanol–water partition coefficient (Wildman–Crippen LogP) is 3.35. The molecular weight excluding hydrogens is 274 g/mol. The van der Waals surface area contributed by atoms with Crippen LogP contribution < -0.4 is 9.47 Å². The molecule has 0 amide bonds. The largest absolute Gasteiger partial charge is 0.497 e. The first kappa shape index (κ1) is 13.1. The Morgan fingerprint density at radius 2 is 2.05 bits per heavy atom. The Labute approximate surface area is 121 Å². The highest BCUT2D eigenvalue weighted by atomic mass is 32.1. The number of methoxy groups -OCH3 is 2. The molecule has 0 N–H and O–H groups in total. The van der Waals surface area contributed by atoms with Crippen molar-refractivity contribution in [2.45, 2.75) is 19.3 Å². The topological polar surface area (TPSA) is 48.4 Å². The van der Waals surface area contributed by atoms with E-state index >= 15 is 0 Å². The van der Waals surface area contributed by atoms with Crippen LogP contribution in [0.25, 0.3) is 10.6 Å². The van der Waals surface area contributed by atoms with Gasteiger partial charge in [-0.2, -0.15) is 0 Å². The van der Waals surface area contributed by atoms with Crippen LogP contribution in [-0.4, -0.2) is 25.0 Å². The van der Waals surface area contributed by atoms with E-state index in [2.05, 4.69) is 4.98 Å². The van der Waals surface area contributed by atoms with Gasteiger partial charge in [-0.25, -0.2) is 4.98 Å². The van der Waals surface area contributed by atoms with E-state index in [0.29, 0.717) is 6.42 Å². The number of hydrogen-bond acceptors (Lipinski definition) is 5. The molecule has 0 radical (unpaired) electrons. The van der Waals surface area contributed by atoms with Crippen molar-refractivity contribution in [3.05, 3.63) is 28.8 Å². The molecule has 0 saturated carbocycles. The molecule has 20 heavy (non-hydrogen) atoms. The van der Waals surface area contributed by atoms with Crippen molar-refractivity contribution >= 4 is 17.1 Å². The SMILES string of the molecule is COc1ccc(OC)c(-c2nc3c(s2)C(=O)CCC3)c1. The number of aryl methyl sites for hydroxylation is 1. The number of nitrogens with zero attached hydrogens (tertiary/aromatic N) is 1. The molecule has 1 aliphatic carbocycles. The summed E-state index contributed by atoms with van der Waals surface area (Å²) in [7, 11) is 3.26. The summed E-state index contributed by atoms with van der Waals surface area (Å²) in [5.74, 6) is 1.70. The molecule has 0 atom stereocenters. The van der Waals surface area contributed by atoms with E-state index in [0.717, 1.165) is 45.5 Å².